The molecule has 4 aromatic rings. The lowest BCUT2D eigenvalue weighted by atomic mass is 10.2. The quantitative estimate of drug-likeness (QED) is 0.611. The molecular formula is C17H17N5OS. The van der Waals surface area contributed by atoms with Crippen LogP contribution >= 0.6 is 11.3 Å². The molecule has 122 valence electrons. The first-order valence-corrected chi connectivity index (χ1v) is 8.43. The summed E-state index contributed by atoms with van der Waals surface area (Å²) in [4.78, 5) is 11.6. The maximum atomic E-state index is 5.41. The Kier molecular flexibility index (Phi) is 3.38. The van der Waals surface area contributed by atoms with Crippen molar-refractivity contribution in [2.75, 3.05) is 12.4 Å². The second-order valence-corrected chi connectivity index (χ2v) is 6.82. The largest absolute Gasteiger partial charge is 0.495 e. The highest BCUT2D eigenvalue weighted by atomic mass is 32.1. The lowest BCUT2D eigenvalue weighted by Crippen LogP contribution is -2.04. The number of benzene rings is 1. The summed E-state index contributed by atoms with van der Waals surface area (Å²) in [5.74, 6) is 2.10. The molecule has 6 nitrogen and oxygen atoms in total. The third-order valence-corrected chi connectivity index (χ3v) is 5.17. The second kappa shape index (κ2) is 5.45. The number of fused-ring (bicyclic) bond motifs is 3. The number of hydrogen-bond donors (Lipinski definition) is 1. The average Bonchev–Trinajstić information content (AvgIpc) is 3.08. The van der Waals surface area contributed by atoms with Crippen molar-refractivity contribution in [3.8, 4) is 5.75 Å². The number of anilines is 2. The topological polar surface area (TPSA) is 64.3 Å². The maximum Gasteiger partial charge on any atom is 0.231 e. The molecule has 1 aromatic carbocycles. The van der Waals surface area contributed by atoms with Gasteiger partial charge in [0.05, 0.1) is 18.2 Å². The van der Waals surface area contributed by atoms with Crippen LogP contribution < -0.4 is 10.1 Å². The van der Waals surface area contributed by atoms with Crippen molar-refractivity contribution in [1.82, 2.24) is 19.6 Å². The summed E-state index contributed by atoms with van der Waals surface area (Å²) >= 11 is 1.67. The van der Waals surface area contributed by atoms with Crippen LogP contribution in [0.15, 0.2) is 24.3 Å². The van der Waals surface area contributed by atoms with E-state index in [1.165, 1.54) is 10.4 Å². The first-order valence-electron chi connectivity index (χ1n) is 7.61. The van der Waals surface area contributed by atoms with Gasteiger partial charge in [-0.25, -0.2) is 9.97 Å². The Morgan fingerprint density at radius 2 is 1.92 bits per heavy atom. The predicted octanol–water partition coefficient (Wildman–Crippen LogP) is 4.02. The molecule has 0 radical (unpaired) electrons. The van der Waals surface area contributed by atoms with Gasteiger partial charge in [-0.05, 0) is 38.5 Å². The Morgan fingerprint density at radius 1 is 1.12 bits per heavy atom. The van der Waals surface area contributed by atoms with Crippen LogP contribution in [0.5, 0.6) is 5.75 Å². The van der Waals surface area contributed by atoms with Gasteiger partial charge in [-0.3, -0.25) is 0 Å². The third kappa shape index (κ3) is 2.20. The van der Waals surface area contributed by atoms with E-state index in [4.69, 9.17) is 9.72 Å². The van der Waals surface area contributed by atoms with E-state index in [1.54, 1.807) is 23.0 Å². The zero-order valence-electron chi connectivity index (χ0n) is 13.9. The molecule has 3 aromatic heterocycles. The third-order valence-electron chi connectivity index (χ3n) is 4.06. The molecular weight excluding hydrogens is 322 g/mol. The molecule has 1 N–H and O–H groups in total. The van der Waals surface area contributed by atoms with E-state index in [0.29, 0.717) is 5.95 Å². The van der Waals surface area contributed by atoms with Crippen LogP contribution in [-0.2, 0) is 0 Å². The van der Waals surface area contributed by atoms with Crippen molar-refractivity contribution in [3.63, 3.8) is 0 Å². The van der Waals surface area contributed by atoms with Gasteiger partial charge in [-0.2, -0.15) is 4.52 Å². The molecule has 4 rings (SSSR count). The minimum Gasteiger partial charge on any atom is -0.495 e. The van der Waals surface area contributed by atoms with E-state index in [9.17, 15) is 0 Å². The number of hydrogen-bond acceptors (Lipinski definition) is 6. The van der Waals surface area contributed by atoms with E-state index in [2.05, 4.69) is 29.2 Å². The van der Waals surface area contributed by atoms with Crippen molar-refractivity contribution in [1.29, 1.82) is 0 Å². The standard InChI is InChI=1S/C17H17N5OS/c1-9-10(2)24-16-14(9)15-18-11(3)21-22(15)17(20-16)19-12-7-5-6-8-13(12)23-4/h5-8H,1-4H3,(H,19,20). The number of methoxy groups -OCH3 is 1. The molecule has 0 aliphatic carbocycles. The highest BCUT2D eigenvalue weighted by Gasteiger charge is 2.17. The molecule has 0 fully saturated rings. The summed E-state index contributed by atoms with van der Waals surface area (Å²) in [7, 11) is 1.65. The highest BCUT2D eigenvalue weighted by Crippen LogP contribution is 2.34. The van der Waals surface area contributed by atoms with Crippen molar-refractivity contribution >= 4 is 38.8 Å². The van der Waals surface area contributed by atoms with E-state index in [-0.39, 0.29) is 0 Å². The van der Waals surface area contributed by atoms with Crippen molar-refractivity contribution in [3.05, 3.63) is 40.5 Å². The fourth-order valence-electron chi connectivity index (χ4n) is 2.77. The van der Waals surface area contributed by atoms with Crippen LogP contribution in [0.1, 0.15) is 16.3 Å². The molecule has 0 bridgehead atoms. The van der Waals surface area contributed by atoms with Gasteiger partial charge in [-0.1, -0.05) is 12.1 Å². The maximum absolute atomic E-state index is 5.41. The number of aromatic nitrogens is 4. The van der Waals surface area contributed by atoms with Gasteiger partial charge in [0.2, 0.25) is 5.95 Å². The Labute approximate surface area is 143 Å². The van der Waals surface area contributed by atoms with Crippen LogP contribution in [0.2, 0.25) is 0 Å². The minimum atomic E-state index is 0.629. The molecule has 0 spiro atoms. The average molecular weight is 339 g/mol. The number of ether oxygens (including phenoxy) is 1. The molecule has 3 heterocycles. The monoisotopic (exact) mass is 339 g/mol. The number of nitrogens with zero attached hydrogens (tertiary/aromatic N) is 4. The van der Waals surface area contributed by atoms with Gasteiger partial charge >= 0.3 is 0 Å². The van der Waals surface area contributed by atoms with Gasteiger partial charge < -0.3 is 10.1 Å². The Hall–Kier alpha value is -2.67. The number of nitrogens with one attached hydrogen (secondary N) is 1. The smallest absolute Gasteiger partial charge is 0.231 e. The molecule has 0 aliphatic heterocycles. The summed E-state index contributed by atoms with van der Waals surface area (Å²) in [5.41, 5.74) is 2.88. The van der Waals surface area contributed by atoms with Crippen LogP contribution in [0.3, 0.4) is 0 Å². The zero-order valence-corrected chi connectivity index (χ0v) is 14.7. The van der Waals surface area contributed by atoms with Crippen molar-refractivity contribution < 1.29 is 4.74 Å². The van der Waals surface area contributed by atoms with Crippen LogP contribution in [0, 0.1) is 20.8 Å². The van der Waals surface area contributed by atoms with E-state index in [0.717, 1.165) is 33.1 Å². The number of rotatable bonds is 3. The van der Waals surface area contributed by atoms with Gasteiger partial charge in [0.15, 0.2) is 5.65 Å². The first kappa shape index (κ1) is 14.9. The number of para-hydroxylation sites is 2. The zero-order chi connectivity index (χ0) is 16.8. The van der Waals surface area contributed by atoms with Crippen LogP contribution in [0.4, 0.5) is 11.6 Å². The molecule has 0 atom stereocenters. The molecule has 0 amide bonds. The highest BCUT2D eigenvalue weighted by molar-refractivity contribution is 7.18. The van der Waals surface area contributed by atoms with Gasteiger partial charge in [0, 0.05) is 4.88 Å². The van der Waals surface area contributed by atoms with Crippen molar-refractivity contribution in [2.45, 2.75) is 20.8 Å². The molecule has 0 aliphatic rings. The van der Waals surface area contributed by atoms with Crippen LogP contribution in [0.25, 0.3) is 15.9 Å². The lowest BCUT2D eigenvalue weighted by molar-refractivity contribution is 0.417. The normalized spacial score (nSPS) is 11.3. The Bertz CT molecular complexity index is 1070. The Balaban J connectivity index is 1.97. The summed E-state index contributed by atoms with van der Waals surface area (Å²) in [6.07, 6.45) is 0. The molecule has 24 heavy (non-hydrogen) atoms. The SMILES string of the molecule is COc1ccccc1Nc1nc2sc(C)c(C)c2c2nc(C)nn12. The van der Waals surface area contributed by atoms with Gasteiger partial charge in [0.25, 0.3) is 0 Å². The molecule has 0 saturated carbocycles. The predicted molar refractivity (Wildman–Crippen MR) is 96.7 cm³/mol. The number of thiophene rings is 1. The van der Waals surface area contributed by atoms with Crippen molar-refractivity contribution in [2.24, 2.45) is 0 Å². The van der Waals surface area contributed by atoms with Crippen LogP contribution in [-0.4, -0.2) is 26.7 Å². The summed E-state index contributed by atoms with van der Waals surface area (Å²) < 4.78 is 7.18. The Morgan fingerprint density at radius 3 is 2.71 bits per heavy atom. The van der Waals surface area contributed by atoms with Gasteiger partial charge in [-0.15, -0.1) is 16.4 Å². The fourth-order valence-corrected chi connectivity index (χ4v) is 3.79. The van der Waals surface area contributed by atoms with E-state index < -0.39 is 0 Å². The summed E-state index contributed by atoms with van der Waals surface area (Å²) in [6.45, 7) is 6.10. The lowest BCUT2D eigenvalue weighted by Gasteiger charge is -2.11. The molecule has 7 heteroatoms. The second-order valence-electron chi connectivity index (χ2n) is 5.62. The summed E-state index contributed by atoms with van der Waals surface area (Å²) in [5, 5.41) is 8.91. The number of aryl methyl sites for hydroxylation is 3. The van der Waals surface area contributed by atoms with E-state index >= 15 is 0 Å². The first-order chi connectivity index (χ1) is 11.6. The fraction of sp³-hybridized carbons (Fsp3) is 0.235. The molecule has 0 saturated heterocycles. The van der Waals surface area contributed by atoms with E-state index in [1.807, 2.05) is 31.2 Å². The van der Waals surface area contributed by atoms with Gasteiger partial charge in [0.1, 0.15) is 16.4 Å². The molecule has 0 unspecified atom stereocenters. The summed E-state index contributed by atoms with van der Waals surface area (Å²) in [6, 6.07) is 7.74. The minimum absolute atomic E-state index is 0.629.